The van der Waals surface area contributed by atoms with Gasteiger partial charge in [0.2, 0.25) is 0 Å². The molecular weight excluding hydrogens is 340 g/mol. The number of carbonyl (C=O) groups excluding carboxylic acids is 1. The van der Waals surface area contributed by atoms with Crippen molar-refractivity contribution in [1.82, 2.24) is 29.2 Å². The average Bonchev–Trinajstić information content (AvgIpc) is 3.37. The third-order valence-corrected chi connectivity index (χ3v) is 5.16. The number of hydrogen-bond donors (Lipinski definition) is 0. The van der Waals surface area contributed by atoms with Gasteiger partial charge in [0, 0.05) is 63.1 Å². The van der Waals surface area contributed by atoms with Gasteiger partial charge < -0.3 is 9.47 Å². The van der Waals surface area contributed by atoms with E-state index < -0.39 is 0 Å². The summed E-state index contributed by atoms with van der Waals surface area (Å²) in [7, 11) is 0. The van der Waals surface area contributed by atoms with Gasteiger partial charge in [-0.15, -0.1) is 0 Å². The van der Waals surface area contributed by atoms with E-state index in [1.54, 1.807) is 16.9 Å². The van der Waals surface area contributed by atoms with Crippen molar-refractivity contribution in [2.45, 2.75) is 38.8 Å². The van der Waals surface area contributed by atoms with Gasteiger partial charge in [0.1, 0.15) is 11.5 Å². The number of aryl methyl sites for hydroxylation is 1. The van der Waals surface area contributed by atoms with E-state index >= 15 is 0 Å². The first-order chi connectivity index (χ1) is 13.3. The van der Waals surface area contributed by atoms with Crippen LogP contribution < -0.4 is 0 Å². The number of imidazole rings is 1. The van der Waals surface area contributed by atoms with Crippen LogP contribution in [0.15, 0.2) is 49.2 Å². The van der Waals surface area contributed by atoms with Gasteiger partial charge >= 0.3 is 0 Å². The molecule has 1 atom stereocenters. The predicted octanol–water partition coefficient (Wildman–Crippen LogP) is 2.56. The summed E-state index contributed by atoms with van der Waals surface area (Å²) in [6, 6.07) is 5.85. The Bertz CT molecular complexity index is 900. The van der Waals surface area contributed by atoms with Crippen LogP contribution in [-0.4, -0.2) is 48.2 Å². The highest BCUT2D eigenvalue weighted by atomic mass is 16.2. The van der Waals surface area contributed by atoms with Crippen molar-refractivity contribution < 1.29 is 4.79 Å². The van der Waals surface area contributed by atoms with Gasteiger partial charge in [-0.3, -0.25) is 14.5 Å². The van der Waals surface area contributed by atoms with E-state index in [1.165, 1.54) is 5.56 Å². The molecule has 7 heteroatoms. The molecule has 140 valence electrons. The molecule has 0 saturated carbocycles. The Labute approximate surface area is 158 Å². The van der Waals surface area contributed by atoms with Crippen LogP contribution in [0.2, 0.25) is 0 Å². The summed E-state index contributed by atoms with van der Waals surface area (Å²) >= 11 is 0. The molecule has 0 bridgehead atoms. The third-order valence-electron chi connectivity index (χ3n) is 5.16. The molecule has 1 aliphatic heterocycles. The Morgan fingerprint density at radius 2 is 2.04 bits per heavy atom. The van der Waals surface area contributed by atoms with Crippen LogP contribution in [0.1, 0.15) is 47.6 Å². The number of carbonyl (C=O) groups is 1. The standard InChI is InChI=1S/C20H24N6O/c1-2-26-18(7-10-23-26)20(27)25-12-3-4-17(15-25)19-22-11-13-24(19)14-16-5-8-21-9-6-16/h5-11,13,17H,2-4,12,14-15H2,1H3. The highest BCUT2D eigenvalue weighted by Gasteiger charge is 2.29. The molecule has 4 heterocycles. The molecule has 1 amide bonds. The summed E-state index contributed by atoms with van der Waals surface area (Å²) in [5, 5.41) is 4.23. The molecule has 0 aromatic carbocycles. The Kier molecular flexibility index (Phi) is 5.00. The topological polar surface area (TPSA) is 68.8 Å². The Hall–Kier alpha value is -2.96. The molecular formula is C20H24N6O. The second-order valence-corrected chi connectivity index (χ2v) is 6.89. The zero-order chi connectivity index (χ0) is 18.6. The number of hydrogen-bond acceptors (Lipinski definition) is 4. The highest BCUT2D eigenvalue weighted by Crippen LogP contribution is 2.27. The van der Waals surface area contributed by atoms with E-state index in [0.29, 0.717) is 18.8 Å². The fraction of sp³-hybridized carbons (Fsp3) is 0.400. The van der Waals surface area contributed by atoms with Crippen molar-refractivity contribution in [3.8, 4) is 0 Å². The molecule has 7 nitrogen and oxygen atoms in total. The summed E-state index contributed by atoms with van der Waals surface area (Å²) in [6.45, 7) is 4.95. The predicted molar refractivity (Wildman–Crippen MR) is 101 cm³/mol. The van der Waals surface area contributed by atoms with Gasteiger partial charge in [-0.05, 0) is 43.5 Å². The minimum absolute atomic E-state index is 0.0614. The van der Waals surface area contributed by atoms with Crippen LogP contribution in [-0.2, 0) is 13.1 Å². The molecule has 0 aliphatic carbocycles. The molecule has 1 unspecified atom stereocenters. The number of piperidine rings is 1. The van der Waals surface area contributed by atoms with E-state index in [1.807, 2.05) is 48.7 Å². The van der Waals surface area contributed by atoms with Crippen molar-refractivity contribution in [3.05, 3.63) is 66.3 Å². The maximum absolute atomic E-state index is 13.0. The van der Waals surface area contributed by atoms with Crippen LogP contribution >= 0.6 is 0 Å². The number of aromatic nitrogens is 5. The van der Waals surface area contributed by atoms with Crippen molar-refractivity contribution in [2.75, 3.05) is 13.1 Å². The molecule has 27 heavy (non-hydrogen) atoms. The molecule has 1 saturated heterocycles. The van der Waals surface area contributed by atoms with Gasteiger partial charge in [0.25, 0.3) is 5.91 Å². The molecule has 3 aromatic heterocycles. The van der Waals surface area contributed by atoms with Crippen LogP contribution in [0, 0.1) is 0 Å². The first-order valence-corrected chi connectivity index (χ1v) is 9.47. The van der Waals surface area contributed by atoms with Crippen LogP contribution in [0.25, 0.3) is 0 Å². The maximum Gasteiger partial charge on any atom is 0.272 e. The smallest absolute Gasteiger partial charge is 0.272 e. The Morgan fingerprint density at radius 3 is 2.85 bits per heavy atom. The van der Waals surface area contributed by atoms with Crippen LogP contribution in [0.4, 0.5) is 0 Å². The zero-order valence-electron chi connectivity index (χ0n) is 15.5. The summed E-state index contributed by atoms with van der Waals surface area (Å²) in [4.78, 5) is 23.6. The van der Waals surface area contributed by atoms with Gasteiger partial charge in [0.15, 0.2) is 0 Å². The monoisotopic (exact) mass is 364 g/mol. The molecule has 4 rings (SSSR count). The average molecular weight is 364 g/mol. The van der Waals surface area contributed by atoms with Crippen molar-refractivity contribution >= 4 is 5.91 Å². The summed E-state index contributed by atoms with van der Waals surface area (Å²) in [6.07, 6.45) is 11.2. The minimum atomic E-state index is 0.0614. The Morgan fingerprint density at radius 1 is 1.19 bits per heavy atom. The van der Waals surface area contributed by atoms with Crippen LogP contribution in [0.5, 0.6) is 0 Å². The van der Waals surface area contributed by atoms with E-state index in [2.05, 4.69) is 19.6 Å². The maximum atomic E-state index is 13.0. The van der Waals surface area contributed by atoms with Crippen molar-refractivity contribution in [3.63, 3.8) is 0 Å². The minimum Gasteiger partial charge on any atom is -0.337 e. The summed E-state index contributed by atoms with van der Waals surface area (Å²) in [5.41, 5.74) is 1.86. The molecule has 1 aliphatic rings. The zero-order valence-corrected chi connectivity index (χ0v) is 15.5. The van der Waals surface area contributed by atoms with Gasteiger partial charge in [-0.1, -0.05) is 0 Å². The number of amides is 1. The first-order valence-electron chi connectivity index (χ1n) is 9.47. The highest BCUT2D eigenvalue weighted by molar-refractivity contribution is 5.92. The number of likely N-dealkylation sites (tertiary alicyclic amines) is 1. The lowest BCUT2D eigenvalue weighted by atomic mass is 9.96. The summed E-state index contributed by atoms with van der Waals surface area (Å²) < 4.78 is 3.95. The lowest BCUT2D eigenvalue weighted by Crippen LogP contribution is -2.40. The number of nitrogens with zero attached hydrogens (tertiary/aromatic N) is 6. The fourth-order valence-corrected chi connectivity index (χ4v) is 3.80. The quantitative estimate of drug-likeness (QED) is 0.698. The van der Waals surface area contributed by atoms with E-state index in [0.717, 1.165) is 31.8 Å². The normalized spacial score (nSPS) is 17.2. The molecule has 0 N–H and O–H groups in total. The lowest BCUT2D eigenvalue weighted by molar-refractivity contribution is 0.0691. The fourth-order valence-electron chi connectivity index (χ4n) is 3.80. The molecule has 3 aromatic rings. The van der Waals surface area contributed by atoms with E-state index in [4.69, 9.17) is 0 Å². The number of rotatable bonds is 5. The first kappa shape index (κ1) is 17.5. The van der Waals surface area contributed by atoms with Gasteiger partial charge in [-0.2, -0.15) is 5.10 Å². The molecule has 1 fully saturated rings. The third kappa shape index (κ3) is 3.63. The SMILES string of the molecule is CCn1nccc1C(=O)N1CCCC(c2nccn2Cc2ccncc2)C1. The van der Waals surface area contributed by atoms with Crippen molar-refractivity contribution in [1.29, 1.82) is 0 Å². The van der Waals surface area contributed by atoms with Crippen molar-refractivity contribution in [2.24, 2.45) is 0 Å². The van der Waals surface area contributed by atoms with E-state index in [-0.39, 0.29) is 11.8 Å². The van der Waals surface area contributed by atoms with Crippen LogP contribution in [0.3, 0.4) is 0 Å². The number of pyridine rings is 1. The lowest BCUT2D eigenvalue weighted by Gasteiger charge is -2.32. The van der Waals surface area contributed by atoms with E-state index in [9.17, 15) is 4.79 Å². The van der Waals surface area contributed by atoms with Gasteiger partial charge in [0.05, 0.1) is 0 Å². The largest absolute Gasteiger partial charge is 0.337 e. The second-order valence-electron chi connectivity index (χ2n) is 6.89. The Balaban J connectivity index is 1.51. The molecule has 0 radical (unpaired) electrons. The summed E-state index contributed by atoms with van der Waals surface area (Å²) in [5.74, 6) is 1.36. The second kappa shape index (κ2) is 7.73. The van der Waals surface area contributed by atoms with Gasteiger partial charge in [-0.25, -0.2) is 4.98 Å². The molecule has 0 spiro atoms.